The molecule has 1 fully saturated rings. The number of hydrogen-bond donors (Lipinski definition) is 3. The molecule has 0 heterocycles. The Balaban J connectivity index is 2.90. The number of rotatable bonds is 5. The molecule has 1 saturated carbocycles. The largest absolute Gasteiger partial charge is 0.409 e. The minimum absolute atomic E-state index is 0.0632. The Bertz CT molecular complexity index is 347. The van der Waals surface area contributed by atoms with Gasteiger partial charge in [0.2, 0.25) is 5.91 Å². The Morgan fingerprint density at radius 2 is 1.85 bits per heavy atom. The van der Waals surface area contributed by atoms with Gasteiger partial charge in [-0.25, -0.2) is 0 Å². The average Bonchev–Trinajstić information content (AvgIpc) is 2.72. The van der Waals surface area contributed by atoms with Crippen LogP contribution in [0.25, 0.3) is 0 Å². The fourth-order valence-corrected chi connectivity index (χ4v) is 2.87. The summed E-state index contributed by atoms with van der Waals surface area (Å²) < 4.78 is 0. The normalized spacial score (nSPS) is 22.6. The third-order valence-electron chi connectivity index (χ3n) is 4.85. The number of carbonyl (C=O) groups is 1. The summed E-state index contributed by atoms with van der Waals surface area (Å²) in [6, 6.07) is 0.0964. The molecule has 2 unspecified atom stereocenters. The van der Waals surface area contributed by atoms with Gasteiger partial charge in [-0.2, -0.15) is 0 Å². The summed E-state index contributed by atoms with van der Waals surface area (Å²) >= 11 is 0. The lowest BCUT2D eigenvalue weighted by Crippen LogP contribution is -2.52. The summed E-state index contributed by atoms with van der Waals surface area (Å²) in [6.45, 7) is 6.25. The molecule has 0 radical (unpaired) electrons. The fourth-order valence-electron chi connectivity index (χ4n) is 2.87. The molecule has 5 heteroatoms. The van der Waals surface area contributed by atoms with Gasteiger partial charge in [-0.3, -0.25) is 4.79 Å². The second-order valence-corrected chi connectivity index (χ2v) is 6.13. The predicted molar refractivity (Wildman–Crippen MR) is 80.6 cm³/mol. The lowest BCUT2D eigenvalue weighted by atomic mass is 9.77. The molecule has 0 saturated heterocycles. The first kappa shape index (κ1) is 16.8. The molecule has 20 heavy (non-hydrogen) atoms. The molecule has 2 atom stereocenters. The lowest BCUT2D eigenvalue weighted by molar-refractivity contribution is -0.129. The van der Waals surface area contributed by atoms with Gasteiger partial charge in [-0.05, 0) is 25.7 Å². The Hall–Kier alpha value is -1.26. The smallest absolute Gasteiger partial charge is 0.234 e. The van der Waals surface area contributed by atoms with Crippen LogP contribution in [0.5, 0.6) is 0 Å². The quantitative estimate of drug-likeness (QED) is 0.238. The van der Waals surface area contributed by atoms with Gasteiger partial charge in [0.05, 0.1) is 0 Å². The van der Waals surface area contributed by atoms with Gasteiger partial charge in [0, 0.05) is 6.04 Å². The first-order valence-electron chi connectivity index (χ1n) is 7.77. The number of nitrogens with zero attached hydrogens (tertiary/aromatic N) is 1. The van der Waals surface area contributed by atoms with Crippen LogP contribution in [0.2, 0.25) is 0 Å². The highest BCUT2D eigenvalue weighted by atomic mass is 16.4. The summed E-state index contributed by atoms with van der Waals surface area (Å²) in [5, 5.41) is 15.3. The van der Waals surface area contributed by atoms with Crippen LogP contribution in [-0.2, 0) is 4.79 Å². The van der Waals surface area contributed by atoms with E-state index in [0.717, 1.165) is 32.1 Å². The van der Waals surface area contributed by atoms with Crippen molar-refractivity contribution in [2.45, 2.75) is 71.8 Å². The fraction of sp³-hybridized carbons (Fsp3) is 0.867. The zero-order chi connectivity index (χ0) is 15.2. The van der Waals surface area contributed by atoms with Crippen molar-refractivity contribution in [1.29, 1.82) is 0 Å². The number of amidine groups is 1. The zero-order valence-electron chi connectivity index (χ0n) is 13.0. The summed E-state index contributed by atoms with van der Waals surface area (Å²) in [7, 11) is 0. The van der Waals surface area contributed by atoms with Crippen LogP contribution in [0.1, 0.15) is 65.7 Å². The molecule has 1 aliphatic rings. The van der Waals surface area contributed by atoms with Crippen molar-refractivity contribution in [3.05, 3.63) is 0 Å². The third kappa shape index (κ3) is 3.64. The van der Waals surface area contributed by atoms with E-state index in [4.69, 9.17) is 10.9 Å². The number of oxime groups is 1. The van der Waals surface area contributed by atoms with E-state index in [9.17, 15) is 4.79 Å². The van der Waals surface area contributed by atoms with Crippen LogP contribution in [0.3, 0.4) is 0 Å². The van der Waals surface area contributed by atoms with Gasteiger partial charge in [0.1, 0.15) is 5.41 Å². The van der Waals surface area contributed by atoms with Crippen molar-refractivity contribution >= 4 is 11.7 Å². The number of hydrogen-bond acceptors (Lipinski definition) is 3. The zero-order valence-corrected chi connectivity index (χ0v) is 13.0. The number of amides is 1. The average molecular weight is 283 g/mol. The SMILES string of the molecule is CCC(C)C(C)NC(=O)C1(C(N)=NO)CCCCCC1. The molecule has 0 spiro atoms. The first-order valence-corrected chi connectivity index (χ1v) is 7.77. The third-order valence-corrected chi connectivity index (χ3v) is 4.85. The second-order valence-electron chi connectivity index (χ2n) is 6.13. The second kappa shape index (κ2) is 7.50. The monoisotopic (exact) mass is 283 g/mol. The minimum atomic E-state index is -0.826. The maximum absolute atomic E-state index is 12.7. The van der Waals surface area contributed by atoms with E-state index in [2.05, 4.69) is 24.3 Å². The van der Waals surface area contributed by atoms with Gasteiger partial charge in [-0.15, -0.1) is 0 Å². The van der Waals surface area contributed by atoms with E-state index in [-0.39, 0.29) is 17.8 Å². The summed E-state index contributed by atoms with van der Waals surface area (Å²) in [4.78, 5) is 12.7. The van der Waals surface area contributed by atoms with Gasteiger partial charge < -0.3 is 16.3 Å². The van der Waals surface area contributed by atoms with Crippen LogP contribution >= 0.6 is 0 Å². The van der Waals surface area contributed by atoms with Gasteiger partial charge in [-0.1, -0.05) is 51.1 Å². The molecule has 0 aromatic heterocycles. The first-order chi connectivity index (χ1) is 9.47. The maximum Gasteiger partial charge on any atom is 0.234 e. The molecule has 0 aromatic rings. The Morgan fingerprint density at radius 3 is 2.30 bits per heavy atom. The molecular weight excluding hydrogens is 254 g/mol. The lowest BCUT2D eigenvalue weighted by Gasteiger charge is -2.32. The number of carbonyl (C=O) groups excluding carboxylic acids is 1. The van der Waals surface area contributed by atoms with Gasteiger partial charge in [0.15, 0.2) is 5.84 Å². The van der Waals surface area contributed by atoms with Gasteiger partial charge >= 0.3 is 0 Å². The number of nitrogens with one attached hydrogen (secondary N) is 1. The van der Waals surface area contributed by atoms with Crippen LogP contribution in [0, 0.1) is 11.3 Å². The maximum atomic E-state index is 12.7. The summed E-state index contributed by atoms with van der Waals surface area (Å²) in [5.74, 6) is 0.393. The van der Waals surface area contributed by atoms with Crippen molar-refractivity contribution < 1.29 is 10.0 Å². The topological polar surface area (TPSA) is 87.7 Å². The van der Waals surface area contributed by atoms with Crippen molar-refractivity contribution in [3.8, 4) is 0 Å². The van der Waals surface area contributed by atoms with Crippen molar-refractivity contribution in [3.63, 3.8) is 0 Å². The van der Waals surface area contributed by atoms with Gasteiger partial charge in [0.25, 0.3) is 0 Å². The molecule has 4 N–H and O–H groups in total. The highest BCUT2D eigenvalue weighted by Gasteiger charge is 2.43. The Kier molecular flexibility index (Phi) is 6.30. The standard InChI is InChI=1S/C15H29N3O2/c1-4-11(2)12(3)17-14(19)15(13(16)18-20)9-7-5-6-8-10-15/h11-12,20H,4-10H2,1-3H3,(H2,16,18)(H,17,19). The molecule has 5 nitrogen and oxygen atoms in total. The Morgan fingerprint density at radius 1 is 1.30 bits per heavy atom. The molecule has 1 rings (SSSR count). The van der Waals surface area contributed by atoms with Crippen LogP contribution in [0.15, 0.2) is 5.16 Å². The predicted octanol–water partition coefficient (Wildman–Crippen LogP) is 2.62. The summed E-state index contributed by atoms with van der Waals surface area (Å²) in [6.07, 6.45) is 6.45. The van der Waals surface area contributed by atoms with E-state index in [1.165, 1.54) is 0 Å². The molecule has 0 aliphatic heterocycles. The number of nitrogens with two attached hydrogens (primary N) is 1. The highest BCUT2D eigenvalue weighted by molar-refractivity contribution is 6.06. The van der Waals surface area contributed by atoms with Crippen molar-refractivity contribution in [1.82, 2.24) is 5.32 Å². The van der Waals surface area contributed by atoms with E-state index < -0.39 is 5.41 Å². The highest BCUT2D eigenvalue weighted by Crippen LogP contribution is 2.36. The minimum Gasteiger partial charge on any atom is -0.409 e. The molecule has 0 aromatic carbocycles. The van der Waals surface area contributed by atoms with E-state index in [1.807, 2.05) is 6.92 Å². The summed E-state index contributed by atoms with van der Waals surface area (Å²) in [5.41, 5.74) is 5.05. The molecule has 0 bridgehead atoms. The Labute approximate surface area is 122 Å². The van der Waals surface area contributed by atoms with E-state index in [1.54, 1.807) is 0 Å². The van der Waals surface area contributed by atoms with Crippen molar-refractivity contribution in [2.24, 2.45) is 22.2 Å². The molecule has 1 aliphatic carbocycles. The van der Waals surface area contributed by atoms with Crippen LogP contribution < -0.4 is 11.1 Å². The van der Waals surface area contributed by atoms with E-state index in [0.29, 0.717) is 18.8 Å². The van der Waals surface area contributed by atoms with Crippen LogP contribution in [-0.4, -0.2) is 23.0 Å². The molecule has 116 valence electrons. The molecular formula is C15H29N3O2. The van der Waals surface area contributed by atoms with Crippen molar-refractivity contribution in [2.75, 3.05) is 0 Å². The van der Waals surface area contributed by atoms with E-state index >= 15 is 0 Å². The molecule has 1 amide bonds. The van der Waals surface area contributed by atoms with Crippen LogP contribution in [0.4, 0.5) is 0 Å².